The van der Waals surface area contributed by atoms with Gasteiger partial charge in [-0.15, -0.1) is 0 Å². The fourth-order valence-electron chi connectivity index (χ4n) is 0.822. The first-order valence-corrected chi connectivity index (χ1v) is 6.15. The number of ketones is 1. The minimum absolute atomic E-state index is 0.0337. The second-order valence-corrected chi connectivity index (χ2v) is 4.09. The normalized spacial score (nSPS) is 8.76. The molecule has 0 radical (unpaired) electrons. The number of hydrogen-bond acceptors (Lipinski definition) is 5. The monoisotopic (exact) mass is 297 g/mol. The molecule has 7 heteroatoms. The SMILES string of the molecule is C=CC(=O)CNCN(C)C(C)=O.C=CC(=O)N(C)C(C)=O. The van der Waals surface area contributed by atoms with E-state index in [0.29, 0.717) is 6.67 Å². The molecule has 0 aromatic carbocycles. The van der Waals surface area contributed by atoms with E-state index in [0.717, 1.165) is 11.0 Å². The fraction of sp³-hybridized carbons (Fsp3) is 0.429. The van der Waals surface area contributed by atoms with Crippen molar-refractivity contribution >= 4 is 23.5 Å². The molecule has 0 atom stereocenters. The highest BCUT2D eigenvalue weighted by Gasteiger charge is 2.06. The van der Waals surface area contributed by atoms with Gasteiger partial charge in [-0.3, -0.25) is 29.4 Å². The molecule has 0 spiro atoms. The Kier molecular flexibility index (Phi) is 11.6. The molecular weight excluding hydrogens is 274 g/mol. The Morgan fingerprint density at radius 3 is 1.81 bits per heavy atom. The molecule has 1 N–H and O–H groups in total. The second-order valence-electron chi connectivity index (χ2n) is 4.09. The van der Waals surface area contributed by atoms with E-state index in [1.54, 1.807) is 7.05 Å². The summed E-state index contributed by atoms with van der Waals surface area (Å²) in [6.45, 7) is 9.94. The van der Waals surface area contributed by atoms with Crippen molar-refractivity contribution in [2.45, 2.75) is 13.8 Å². The molecular formula is C14H23N3O4. The van der Waals surface area contributed by atoms with Gasteiger partial charge in [0.15, 0.2) is 5.78 Å². The van der Waals surface area contributed by atoms with Crippen LogP contribution >= 0.6 is 0 Å². The van der Waals surface area contributed by atoms with Crippen LogP contribution in [0.3, 0.4) is 0 Å². The first kappa shape index (κ1) is 21.0. The lowest BCUT2D eigenvalue weighted by Gasteiger charge is -2.14. The van der Waals surface area contributed by atoms with E-state index < -0.39 is 0 Å². The Morgan fingerprint density at radius 2 is 1.52 bits per heavy atom. The summed E-state index contributed by atoms with van der Waals surface area (Å²) in [6, 6.07) is 0. The van der Waals surface area contributed by atoms with E-state index in [9.17, 15) is 19.2 Å². The first-order valence-electron chi connectivity index (χ1n) is 6.15. The maximum Gasteiger partial charge on any atom is 0.252 e. The van der Waals surface area contributed by atoms with Crippen molar-refractivity contribution in [3.05, 3.63) is 25.3 Å². The summed E-state index contributed by atoms with van der Waals surface area (Å²) in [7, 11) is 3.07. The number of nitrogens with one attached hydrogen (secondary N) is 1. The van der Waals surface area contributed by atoms with Gasteiger partial charge in [-0.25, -0.2) is 0 Å². The van der Waals surface area contributed by atoms with E-state index in [4.69, 9.17) is 0 Å². The van der Waals surface area contributed by atoms with Gasteiger partial charge in [-0.1, -0.05) is 13.2 Å². The van der Waals surface area contributed by atoms with Gasteiger partial charge in [0.1, 0.15) is 0 Å². The topological polar surface area (TPSA) is 86.8 Å². The van der Waals surface area contributed by atoms with Gasteiger partial charge >= 0.3 is 0 Å². The van der Waals surface area contributed by atoms with Crippen LogP contribution in [-0.4, -0.2) is 60.6 Å². The van der Waals surface area contributed by atoms with Gasteiger partial charge in [0.05, 0.1) is 13.2 Å². The maximum atomic E-state index is 10.7. The number of hydrogen-bond donors (Lipinski definition) is 1. The van der Waals surface area contributed by atoms with Crippen molar-refractivity contribution < 1.29 is 19.2 Å². The van der Waals surface area contributed by atoms with Gasteiger partial charge in [0.25, 0.3) is 5.91 Å². The van der Waals surface area contributed by atoms with Gasteiger partial charge < -0.3 is 4.90 Å². The Morgan fingerprint density at radius 1 is 1.00 bits per heavy atom. The Labute approximate surface area is 125 Å². The van der Waals surface area contributed by atoms with Gasteiger partial charge in [-0.05, 0) is 12.2 Å². The van der Waals surface area contributed by atoms with Crippen LogP contribution in [0.1, 0.15) is 13.8 Å². The molecule has 0 aliphatic heterocycles. The smallest absolute Gasteiger partial charge is 0.252 e. The van der Waals surface area contributed by atoms with Crippen molar-refractivity contribution in [2.75, 3.05) is 27.3 Å². The number of rotatable bonds is 6. The molecule has 0 aromatic rings. The zero-order valence-corrected chi connectivity index (χ0v) is 13.0. The van der Waals surface area contributed by atoms with E-state index in [1.165, 1.54) is 31.9 Å². The third-order valence-corrected chi connectivity index (χ3v) is 2.39. The Bertz CT molecular complexity index is 418. The number of carbonyl (C=O) groups is 4. The van der Waals surface area contributed by atoms with Crippen molar-refractivity contribution in [3.8, 4) is 0 Å². The Hall–Kier alpha value is -2.28. The van der Waals surface area contributed by atoms with Crippen LogP contribution in [0.5, 0.6) is 0 Å². The number of nitrogens with zero attached hydrogens (tertiary/aromatic N) is 2. The molecule has 118 valence electrons. The summed E-state index contributed by atoms with van der Waals surface area (Å²) < 4.78 is 0. The van der Waals surface area contributed by atoms with Crippen LogP contribution in [0, 0.1) is 0 Å². The number of likely N-dealkylation sites (N-methyl/N-ethyl adjacent to an activating group) is 1. The van der Waals surface area contributed by atoms with Crippen LogP contribution in [0.4, 0.5) is 0 Å². The molecule has 0 aliphatic carbocycles. The molecule has 0 saturated carbocycles. The van der Waals surface area contributed by atoms with Gasteiger partial charge in [0, 0.05) is 27.9 Å². The molecule has 0 aromatic heterocycles. The summed E-state index contributed by atoms with van der Waals surface area (Å²) in [5, 5.41) is 2.80. The van der Waals surface area contributed by atoms with Gasteiger partial charge in [-0.2, -0.15) is 0 Å². The molecule has 0 heterocycles. The van der Waals surface area contributed by atoms with E-state index >= 15 is 0 Å². The summed E-state index contributed by atoms with van der Waals surface area (Å²) in [5.74, 6) is -0.761. The standard InChI is InChI=1S/C8H14N2O2.C6H9NO2/c1-4-8(12)5-9-6-10(3)7(2)11;1-4-6(9)7(3)5(2)8/h4,9H,1,5-6H2,2-3H3;4H,1H2,2-3H3. The number of carbonyl (C=O) groups excluding carboxylic acids is 4. The molecule has 0 aliphatic rings. The van der Waals surface area contributed by atoms with E-state index in [1.807, 2.05) is 0 Å². The molecule has 7 nitrogen and oxygen atoms in total. The summed E-state index contributed by atoms with van der Waals surface area (Å²) in [5.41, 5.74) is 0. The van der Waals surface area contributed by atoms with E-state index in [2.05, 4.69) is 18.5 Å². The first-order chi connectivity index (χ1) is 9.67. The molecule has 21 heavy (non-hydrogen) atoms. The van der Waals surface area contributed by atoms with Crippen molar-refractivity contribution in [3.63, 3.8) is 0 Å². The number of imide groups is 1. The summed E-state index contributed by atoms with van der Waals surface area (Å²) in [6.07, 6.45) is 2.35. The average molecular weight is 297 g/mol. The molecule has 0 unspecified atom stereocenters. The van der Waals surface area contributed by atoms with Crippen LogP contribution in [0.25, 0.3) is 0 Å². The van der Waals surface area contributed by atoms with Crippen molar-refractivity contribution in [1.82, 2.24) is 15.1 Å². The zero-order valence-electron chi connectivity index (χ0n) is 13.0. The molecule has 0 rings (SSSR count). The molecule has 3 amide bonds. The van der Waals surface area contributed by atoms with E-state index in [-0.39, 0.29) is 30.0 Å². The summed E-state index contributed by atoms with van der Waals surface area (Å²) in [4.78, 5) is 44.8. The summed E-state index contributed by atoms with van der Waals surface area (Å²) >= 11 is 0. The predicted molar refractivity (Wildman–Crippen MR) is 80.2 cm³/mol. The molecule has 0 fully saturated rings. The highest BCUT2D eigenvalue weighted by molar-refractivity contribution is 5.99. The predicted octanol–water partition coefficient (Wildman–Crippen LogP) is -0.0558. The van der Waals surface area contributed by atoms with Crippen LogP contribution in [0.15, 0.2) is 25.3 Å². The third-order valence-electron chi connectivity index (χ3n) is 2.39. The quantitative estimate of drug-likeness (QED) is 0.548. The van der Waals surface area contributed by atoms with Gasteiger partial charge in [0.2, 0.25) is 11.8 Å². The molecule has 0 saturated heterocycles. The largest absolute Gasteiger partial charge is 0.333 e. The minimum atomic E-state index is -0.373. The fourth-order valence-corrected chi connectivity index (χ4v) is 0.822. The Balaban J connectivity index is 0. The maximum absolute atomic E-state index is 10.7. The van der Waals surface area contributed by atoms with Crippen LogP contribution in [-0.2, 0) is 19.2 Å². The van der Waals surface area contributed by atoms with Crippen LogP contribution < -0.4 is 5.32 Å². The lowest BCUT2D eigenvalue weighted by molar-refractivity contribution is -0.138. The third kappa shape index (κ3) is 11.3. The number of amides is 3. The molecule has 0 bridgehead atoms. The highest BCUT2D eigenvalue weighted by atomic mass is 16.2. The zero-order chi connectivity index (χ0) is 17.0. The second kappa shape index (κ2) is 11.5. The lowest BCUT2D eigenvalue weighted by atomic mass is 10.4. The highest BCUT2D eigenvalue weighted by Crippen LogP contribution is 1.84. The van der Waals surface area contributed by atoms with Crippen molar-refractivity contribution in [2.24, 2.45) is 0 Å². The van der Waals surface area contributed by atoms with Crippen LogP contribution in [0.2, 0.25) is 0 Å². The van der Waals surface area contributed by atoms with Crippen molar-refractivity contribution in [1.29, 1.82) is 0 Å². The minimum Gasteiger partial charge on any atom is -0.333 e. The average Bonchev–Trinajstić information content (AvgIpc) is 2.45. The lowest BCUT2D eigenvalue weighted by Crippen LogP contribution is -2.36.